The molecule has 124 valence electrons. The Morgan fingerprint density at radius 1 is 1.18 bits per heavy atom. The Balaban J connectivity index is 0.00000441. The van der Waals surface area contributed by atoms with E-state index in [2.05, 4.69) is 10.6 Å². The smallest absolute Gasteiger partial charge is 0.257 e. The van der Waals surface area contributed by atoms with Crippen LogP contribution in [0.2, 0.25) is 0 Å². The number of methoxy groups -OCH3 is 1. The van der Waals surface area contributed by atoms with Crippen molar-refractivity contribution in [3.63, 3.8) is 0 Å². The van der Waals surface area contributed by atoms with Gasteiger partial charge in [-0.25, -0.2) is 0 Å². The molecule has 0 atom stereocenters. The standard InChI is InChI=1S/C15H22N2O4.ClH/c1-12(18)13-4-3-5-14(10-13)21-11-15(19)17-7-6-16-8-9-20-2;/h3-5,10,16H,6-9,11H2,1-2H3,(H,17,19);1H. The summed E-state index contributed by atoms with van der Waals surface area (Å²) < 4.78 is 10.2. The van der Waals surface area contributed by atoms with Crippen LogP contribution in [0.3, 0.4) is 0 Å². The lowest BCUT2D eigenvalue weighted by Crippen LogP contribution is -2.35. The van der Waals surface area contributed by atoms with Crippen LogP contribution < -0.4 is 15.4 Å². The molecule has 22 heavy (non-hydrogen) atoms. The van der Waals surface area contributed by atoms with Crippen LogP contribution in [-0.4, -0.2) is 51.6 Å². The minimum absolute atomic E-state index is 0. The maximum absolute atomic E-state index is 11.6. The number of carbonyl (C=O) groups is 2. The summed E-state index contributed by atoms with van der Waals surface area (Å²) in [6, 6.07) is 6.78. The van der Waals surface area contributed by atoms with Gasteiger partial charge in [0.25, 0.3) is 5.91 Å². The number of benzene rings is 1. The third-order valence-electron chi connectivity index (χ3n) is 2.72. The average molecular weight is 331 g/mol. The van der Waals surface area contributed by atoms with E-state index < -0.39 is 0 Å². The first-order valence-electron chi connectivity index (χ1n) is 6.83. The van der Waals surface area contributed by atoms with Crippen LogP contribution in [0.25, 0.3) is 0 Å². The molecule has 0 aliphatic carbocycles. The first kappa shape index (κ1) is 20.4. The predicted molar refractivity (Wildman–Crippen MR) is 86.9 cm³/mol. The van der Waals surface area contributed by atoms with E-state index in [4.69, 9.17) is 9.47 Å². The van der Waals surface area contributed by atoms with Gasteiger partial charge >= 0.3 is 0 Å². The Morgan fingerprint density at radius 2 is 1.95 bits per heavy atom. The molecule has 0 spiro atoms. The molecule has 1 rings (SSSR count). The van der Waals surface area contributed by atoms with Crippen molar-refractivity contribution in [1.29, 1.82) is 0 Å². The lowest BCUT2D eigenvalue weighted by molar-refractivity contribution is -0.123. The Kier molecular flexibility index (Phi) is 11.1. The van der Waals surface area contributed by atoms with Gasteiger partial charge in [0.1, 0.15) is 5.75 Å². The third kappa shape index (κ3) is 8.61. The van der Waals surface area contributed by atoms with E-state index in [1.54, 1.807) is 31.4 Å². The molecule has 0 heterocycles. The van der Waals surface area contributed by atoms with E-state index >= 15 is 0 Å². The lowest BCUT2D eigenvalue weighted by Gasteiger charge is -2.08. The van der Waals surface area contributed by atoms with Crippen LogP contribution in [0.4, 0.5) is 0 Å². The maximum Gasteiger partial charge on any atom is 0.257 e. The molecule has 0 aromatic heterocycles. The summed E-state index contributed by atoms with van der Waals surface area (Å²) in [7, 11) is 1.64. The number of halogens is 1. The molecule has 1 amide bonds. The number of Topliss-reactive ketones (excluding diaryl/α,β-unsaturated/α-hetero) is 1. The van der Waals surface area contributed by atoms with Gasteiger partial charge in [0, 0.05) is 32.3 Å². The second-order valence-electron chi connectivity index (χ2n) is 4.47. The minimum Gasteiger partial charge on any atom is -0.484 e. The third-order valence-corrected chi connectivity index (χ3v) is 2.72. The number of nitrogens with one attached hydrogen (secondary N) is 2. The van der Waals surface area contributed by atoms with Crippen molar-refractivity contribution in [2.75, 3.05) is 40.0 Å². The van der Waals surface area contributed by atoms with Crippen LogP contribution >= 0.6 is 12.4 Å². The molecule has 1 aromatic rings. The van der Waals surface area contributed by atoms with Gasteiger partial charge in [0.05, 0.1) is 6.61 Å². The Morgan fingerprint density at radius 3 is 2.64 bits per heavy atom. The molecule has 0 aliphatic rings. The van der Waals surface area contributed by atoms with Crippen LogP contribution in [0, 0.1) is 0 Å². The predicted octanol–water partition coefficient (Wildman–Crippen LogP) is 1.04. The molecular weight excluding hydrogens is 308 g/mol. The zero-order valence-electron chi connectivity index (χ0n) is 12.9. The van der Waals surface area contributed by atoms with Crippen molar-refractivity contribution >= 4 is 24.1 Å². The molecule has 2 N–H and O–H groups in total. The van der Waals surface area contributed by atoms with Gasteiger partial charge in [0.15, 0.2) is 12.4 Å². The monoisotopic (exact) mass is 330 g/mol. The highest BCUT2D eigenvalue weighted by atomic mass is 35.5. The van der Waals surface area contributed by atoms with Crippen molar-refractivity contribution in [2.24, 2.45) is 0 Å². The van der Waals surface area contributed by atoms with E-state index in [-0.39, 0.29) is 30.7 Å². The highest BCUT2D eigenvalue weighted by Crippen LogP contribution is 2.13. The molecular formula is C15H23ClN2O4. The highest BCUT2D eigenvalue weighted by Gasteiger charge is 2.04. The van der Waals surface area contributed by atoms with Crippen molar-refractivity contribution in [2.45, 2.75) is 6.92 Å². The fourth-order valence-electron chi connectivity index (χ4n) is 1.59. The van der Waals surface area contributed by atoms with E-state index in [9.17, 15) is 9.59 Å². The van der Waals surface area contributed by atoms with Crippen LogP contribution in [0.1, 0.15) is 17.3 Å². The van der Waals surface area contributed by atoms with Gasteiger partial charge in [-0.2, -0.15) is 0 Å². The van der Waals surface area contributed by atoms with Crippen LogP contribution in [0.15, 0.2) is 24.3 Å². The van der Waals surface area contributed by atoms with Crippen LogP contribution in [0.5, 0.6) is 5.75 Å². The normalized spacial score (nSPS) is 9.73. The number of ether oxygens (including phenoxy) is 2. The Labute approximate surface area is 137 Å². The van der Waals surface area contributed by atoms with Gasteiger partial charge in [-0.1, -0.05) is 12.1 Å². The van der Waals surface area contributed by atoms with E-state index in [0.29, 0.717) is 31.0 Å². The first-order chi connectivity index (χ1) is 10.1. The van der Waals surface area contributed by atoms with Gasteiger partial charge in [-0.05, 0) is 19.1 Å². The molecule has 1 aromatic carbocycles. The fraction of sp³-hybridized carbons (Fsp3) is 0.467. The van der Waals surface area contributed by atoms with Crippen molar-refractivity contribution in [3.05, 3.63) is 29.8 Å². The summed E-state index contributed by atoms with van der Waals surface area (Å²) in [5.74, 6) is 0.278. The molecule has 0 saturated carbocycles. The summed E-state index contributed by atoms with van der Waals surface area (Å²) in [5.41, 5.74) is 0.565. The average Bonchev–Trinajstić information content (AvgIpc) is 2.49. The highest BCUT2D eigenvalue weighted by molar-refractivity contribution is 5.94. The number of hydrogen-bond acceptors (Lipinski definition) is 5. The number of ketones is 1. The van der Waals surface area contributed by atoms with Gasteiger partial charge in [0.2, 0.25) is 0 Å². The molecule has 0 aliphatic heterocycles. The quantitative estimate of drug-likeness (QED) is 0.495. The molecule has 0 fully saturated rings. The summed E-state index contributed by atoms with van der Waals surface area (Å²) >= 11 is 0. The molecule has 0 saturated heterocycles. The SMILES string of the molecule is COCCNCCNC(=O)COc1cccc(C(C)=O)c1.Cl. The van der Waals surface area contributed by atoms with Gasteiger partial charge in [-0.15, -0.1) is 12.4 Å². The zero-order valence-corrected chi connectivity index (χ0v) is 13.7. The van der Waals surface area contributed by atoms with E-state index in [1.165, 1.54) is 6.92 Å². The van der Waals surface area contributed by atoms with Crippen molar-refractivity contribution in [3.8, 4) is 5.75 Å². The largest absolute Gasteiger partial charge is 0.484 e. The summed E-state index contributed by atoms with van der Waals surface area (Å²) in [6.07, 6.45) is 0. The van der Waals surface area contributed by atoms with Gasteiger partial charge < -0.3 is 20.1 Å². The zero-order chi connectivity index (χ0) is 15.5. The first-order valence-corrected chi connectivity index (χ1v) is 6.83. The van der Waals surface area contributed by atoms with Gasteiger partial charge in [-0.3, -0.25) is 9.59 Å². The number of amides is 1. The summed E-state index contributed by atoms with van der Waals surface area (Å²) in [4.78, 5) is 22.8. The summed E-state index contributed by atoms with van der Waals surface area (Å²) in [5, 5.41) is 5.85. The lowest BCUT2D eigenvalue weighted by atomic mass is 10.1. The number of hydrogen-bond donors (Lipinski definition) is 2. The van der Waals surface area contributed by atoms with Crippen molar-refractivity contribution < 1.29 is 19.1 Å². The van der Waals surface area contributed by atoms with Crippen molar-refractivity contribution in [1.82, 2.24) is 10.6 Å². The molecule has 0 unspecified atom stereocenters. The van der Waals surface area contributed by atoms with E-state index in [0.717, 1.165) is 6.54 Å². The minimum atomic E-state index is -0.197. The molecule has 0 bridgehead atoms. The molecule has 6 nitrogen and oxygen atoms in total. The summed E-state index contributed by atoms with van der Waals surface area (Å²) in [6.45, 7) is 4.01. The van der Waals surface area contributed by atoms with Crippen LogP contribution in [-0.2, 0) is 9.53 Å². The topological polar surface area (TPSA) is 76.7 Å². The Hall–Kier alpha value is -1.63. The van der Waals surface area contributed by atoms with E-state index in [1.807, 2.05) is 0 Å². The maximum atomic E-state index is 11.6. The second kappa shape index (κ2) is 12.0. The Bertz CT molecular complexity index is 469. The number of carbonyl (C=O) groups excluding carboxylic acids is 2. The second-order valence-corrected chi connectivity index (χ2v) is 4.47. The molecule has 0 radical (unpaired) electrons. The fourth-order valence-corrected chi connectivity index (χ4v) is 1.59. The number of rotatable bonds is 10. The molecule has 7 heteroatoms.